The summed E-state index contributed by atoms with van der Waals surface area (Å²) in [6.45, 7) is 9.96. The van der Waals surface area contributed by atoms with Crippen molar-refractivity contribution in [2.75, 3.05) is 24.6 Å². The Hall–Kier alpha value is -2.71. The highest BCUT2D eigenvalue weighted by molar-refractivity contribution is 5.67. The topological polar surface area (TPSA) is 92.2 Å². The van der Waals surface area contributed by atoms with Crippen LogP contribution in [0.5, 0.6) is 0 Å². The highest BCUT2D eigenvalue weighted by Gasteiger charge is 2.33. The molecule has 3 aromatic rings. The molecule has 170 valence electrons. The molecule has 0 bridgehead atoms. The van der Waals surface area contributed by atoms with Gasteiger partial charge in [-0.05, 0) is 60.4 Å². The predicted octanol–water partition coefficient (Wildman–Crippen LogP) is 3.24. The van der Waals surface area contributed by atoms with Gasteiger partial charge < -0.3 is 19.8 Å². The molecule has 32 heavy (non-hydrogen) atoms. The standard InChI is InChI=1S/C24H32N6O2/c1-4-30-20-14-24(2,3)9-7-18(20)21(27-30)22-26-23(28-32-22)29-11-8-17-13-16(5-6-19(17)29)15-25-10-12-31/h5-6,13,25,31H,4,7-12,14-15H2,1-3H3. The van der Waals surface area contributed by atoms with E-state index in [0.29, 0.717) is 23.8 Å². The van der Waals surface area contributed by atoms with Crippen LogP contribution < -0.4 is 10.2 Å². The smallest absolute Gasteiger partial charge is 0.280 e. The SMILES string of the molecule is CCn1nc(-c2nc(N3CCc4cc(CNCCO)ccc43)no2)c2c1CC(C)(C)CC2. The molecule has 0 saturated carbocycles. The average molecular weight is 437 g/mol. The van der Waals surface area contributed by atoms with Gasteiger partial charge in [0, 0.05) is 43.1 Å². The van der Waals surface area contributed by atoms with Gasteiger partial charge in [0.15, 0.2) is 5.69 Å². The summed E-state index contributed by atoms with van der Waals surface area (Å²) in [5.74, 6) is 1.11. The van der Waals surface area contributed by atoms with Crippen molar-refractivity contribution >= 4 is 11.6 Å². The Bertz CT molecular complexity index is 1120. The number of aryl methyl sites for hydroxylation is 1. The molecular weight excluding hydrogens is 404 g/mol. The van der Waals surface area contributed by atoms with Crippen LogP contribution in [0.15, 0.2) is 22.7 Å². The summed E-state index contributed by atoms with van der Waals surface area (Å²) in [5.41, 5.74) is 7.35. The van der Waals surface area contributed by atoms with Crippen LogP contribution in [0.3, 0.4) is 0 Å². The zero-order valence-corrected chi connectivity index (χ0v) is 19.2. The van der Waals surface area contributed by atoms with Gasteiger partial charge >= 0.3 is 0 Å². The van der Waals surface area contributed by atoms with Crippen molar-refractivity contribution in [3.63, 3.8) is 0 Å². The number of anilines is 2. The molecule has 2 aromatic heterocycles. The Labute approximate surface area is 188 Å². The van der Waals surface area contributed by atoms with Crippen LogP contribution >= 0.6 is 0 Å². The number of hydrogen-bond acceptors (Lipinski definition) is 7. The van der Waals surface area contributed by atoms with Gasteiger partial charge in [0.05, 0.1) is 6.61 Å². The number of nitrogens with zero attached hydrogens (tertiary/aromatic N) is 5. The van der Waals surface area contributed by atoms with Gasteiger partial charge in [-0.25, -0.2) is 0 Å². The summed E-state index contributed by atoms with van der Waals surface area (Å²) < 4.78 is 7.84. The third-order valence-electron chi connectivity index (χ3n) is 6.68. The molecule has 1 aliphatic carbocycles. The van der Waals surface area contributed by atoms with Crippen molar-refractivity contribution in [1.82, 2.24) is 25.2 Å². The van der Waals surface area contributed by atoms with Crippen LogP contribution in [0.1, 0.15) is 49.6 Å². The molecule has 0 fully saturated rings. The number of rotatable bonds is 7. The molecular formula is C24H32N6O2. The molecule has 0 radical (unpaired) electrons. The van der Waals surface area contributed by atoms with Crippen LogP contribution in [0.2, 0.25) is 0 Å². The Kier molecular flexibility index (Phi) is 5.51. The van der Waals surface area contributed by atoms with Crippen LogP contribution in [-0.4, -0.2) is 44.7 Å². The summed E-state index contributed by atoms with van der Waals surface area (Å²) in [7, 11) is 0. The molecule has 8 heteroatoms. The van der Waals surface area contributed by atoms with E-state index in [4.69, 9.17) is 19.7 Å². The first-order chi connectivity index (χ1) is 15.5. The first-order valence-electron chi connectivity index (χ1n) is 11.6. The Balaban J connectivity index is 1.40. The van der Waals surface area contributed by atoms with Gasteiger partial charge in [0.25, 0.3) is 11.8 Å². The van der Waals surface area contributed by atoms with E-state index in [1.165, 1.54) is 22.4 Å². The Morgan fingerprint density at radius 1 is 1.25 bits per heavy atom. The fourth-order valence-electron chi connectivity index (χ4n) is 4.94. The van der Waals surface area contributed by atoms with E-state index in [-0.39, 0.29) is 6.61 Å². The summed E-state index contributed by atoms with van der Waals surface area (Å²) in [6.07, 6.45) is 4.11. The van der Waals surface area contributed by atoms with Crippen LogP contribution in [0.4, 0.5) is 11.6 Å². The van der Waals surface area contributed by atoms with Gasteiger partial charge in [-0.2, -0.15) is 10.1 Å². The Morgan fingerprint density at radius 3 is 2.94 bits per heavy atom. The largest absolute Gasteiger partial charge is 0.395 e. The minimum absolute atomic E-state index is 0.149. The minimum Gasteiger partial charge on any atom is -0.395 e. The van der Waals surface area contributed by atoms with Crippen molar-refractivity contribution in [3.8, 4) is 11.6 Å². The number of fused-ring (bicyclic) bond motifs is 2. The van der Waals surface area contributed by atoms with Crippen molar-refractivity contribution < 1.29 is 9.63 Å². The van der Waals surface area contributed by atoms with Crippen molar-refractivity contribution in [3.05, 3.63) is 40.6 Å². The molecule has 0 saturated heterocycles. The summed E-state index contributed by atoms with van der Waals surface area (Å²) in [4.78, 5) is 6.89. The summed E-state index contributed by atoms with van der Waals surface area (Å²) in [6, 6.07) is 6.47. The molecule has 1 aliphatic heterocycles. The molecule has 3 heterocycles. The molecule has 1 aromatic carbocycles. The highest BCUT2D eigenvalue weighted by atomic mass is 16.5. The second kappa shape index (κ2) is 8.33. The minimum atomic E-state index is 0.149. The summed E-state index contributed by atoms with van der Waals surface area (Å²) in [5, 5.41) is 21.4. The maximum Gasteiger partial charge on any atom is 0.280 e. The lowest BCUT2D eigenvalue weighted by Gasteiger charge is -2.30. The molecule has 8 nitrogen and oxygen atoms in total. The third-order valence-corrected chi connectivity index (χ3v) is 6.68. The molecule has 2 aliphatic rings. The molecule has 0 spiro atoms. The zero-order chi connectivity index (χ0) is 22.3. The van der Waals surface area contributed by atoms with Gasteiger partial charge in [-0.15, -0.1) is 0 Å². The third kappa shape index (κ3) is 3.82. The number of hydrogen-bond donors (Lipinski definition) is 2. The van der Waals surface area contributed by atoms with Gasteiger partial charge in [0.1, 0.15) is 0 Å². The molecule has 2 N–H and O–H groups in total. The van der Waals surface area contributed by atoms with E-state index in [2.05, 4.69) is 59.0 Å². The maximum atomic E-state index is 8.95. The molecule has 5 rings (SSSR count). The number of nitrogens with one attached hydrogen (secondary N) is 1. The number of aromatic nitrogens is 4. The summed E-state index contributed by atoms with van der Waals surface area (Å²) >= 11 is 0. The van der Waals surface area contributed by atoms with Crippen LogP contribution in [0, 0.1) is 5.41 Å². The predicted molar refractivity (Wildman–Crippen MR) is 123 cm³/mol. The van der Waals surface area contributed by atoms with Gasteiger partial charge in [-0.3, -0.25) is 4.68 Å². The van der Waals surface area contributed by atoms with E-state index in [0.717, 1.165) is 56.7 Å². The molecule has 0 amide bonds. The fraction of sp³-hybridized carbons (Fsp3) is 0.542. The lowest BCUT2D eigenvalue weighted by Crippen LogP contribution is -2.24. The van der Waals surface area contributed by atoms with E-state index in [1.54, 1.807) is 0 Å². The number of benzene rings is 1. The van der Waals surface area contributed by atoms with E-state index < -0.39 is 0 Å². The van der Waals surface area contributed by atoms with Gasteiger partial charge in [-0.1, -0.05) is 26.0 Å². The first kappa shape index (κ1) is 21.2. The van der Waals surface area contributed by atoms with E-state index in [1.807, 2.05) is 0 Å². The second-order valence-electron chi connectivity index (χ2n) is 9.60. The van der Waals surface area contributed by atoms with Crippen LogP contribution in [0.25, 0.3) is 11.6 Å². The van der Waals surface area contributed by atoms with Crippen LogP contribution in [-0.2, 0) is 32.4 Å². The quantitative estimate of drug-likeness (QED) is 0.549. The Morgan fingerprint density at radius 2 is 2.12 bits per heavy atom. The van der Waals surface area contributed by atoms with E-state index in [9.17, 15) is 0 Å². The van der Waals surface area contributed by atoms with Crippen molar-refractivity contribution in [1.29, 1.82) is 0 Å². The van der Waals surface area contributed by atoms with Crippen molar-refractivity contribution in [2.24, 2.45) is 5.41 Å². The second-order valence-corrected chi connectivity index (χ2v) is 9.60. The van der Waals surface area contributed by atoms with Crippen molar-refractivity contribution in [2.45, 2.75) is 59.5 Å². The lowest BCUT2D eigenvalue weighted by atomic mass is 9.76. The van der Waals surface area contributed by atoms with E-state index >= 15 is 0 Å². The molecule has 0 atom stereocenters. The number of aliphatic hydroxyl groups excluding tert-OH is 1. The normalized spacial score (nSPS) is 16.9. The lowest BCUT2D eigenvalue weighted by molar-refractivity contribution is 0.292. The number of aliphatic hydroxyl groups is 1. The maximum absolute atomic E-state index is 8.95. The first-order valence-corrected chi connectivity index (χ1v) is 11.6. The fourth-order valence-corrected chi connectivity index (χ4v) is 4.94. The highest BCUT2D eigenvalue weighted by Crippen LogP contribution is 2.40. The molecule has 0 unspecified atom stereocenters. The van der Waals surface area contributed by atoms with Gasteiger partial charge in [0.2, 0.25) is 0 Å². The zero-order valence-electron chi connectivity index (χ0n) is 19.2. The monoisotopic (exact) mass is 436 g/mol. The average Bonchev–Trinajstić information content (AvgIpc) is 3.49.